The van der Waals surface area contributed by atoms with Gasteiger partial charge in [0.2, 0.25) is 0 Å². The van der Waals surface area contributed by atoms with E-state index < -0.39 is 17.6 Å². The van der Waals surface area contributed by atoms with Crippen LogP contribution in [-0.2, 0) is 6.18 Å². The second-order valence-electron chi connectivity index (χ2n) is 5.93. The van der Waals surface area contributed by atoms with Gasteiger partial charge in [0.25, 0.3) is 5.91 Å². The number of nitrogens with one attached hydrogen (secondary N) is 1. The summed E-state index contributed by atoms with van der Waals surface area (Å²) in [4.78, 5) is 16.5. The summed E-state index contributed by atoms with van der Waals surface area (Å²) >= 11 is 1.34. The summed E-state index contributed by atoms with van der Waals surface area (Å²) in [7, 11) is 0. The van der Waals surface area contributed by atoms with Crippen molar-refractivity contribution in [1.82, 2.24) is 4.98 Å². The second kappa shape index (κ2) is 6.48. The molecule has 1 aromatic heterocycles. The smallest absolute Gasteiger partial charge is 0.298 e. The summed E-state index contributed by atoms with van der Waals surface area (Å²) in [6.07, 6.45) is -4.42. The molecule has 1 N–H and O–H groups in total. The first-order chi connectivity index (χ1) is 11.7. The van der Waals surface area contributed by atoms with E-state index in [0.29, 0.717) is 11.0 Å². The zero-order chi connectivity index (χ0) is 18.2. The van der Waals surface area contributed by atoms with E-state index in [0.717, 1.165) is 34.5 Å². The third-order valence-corrected chi connectivity index (χ3v) is 4.71. The van der Waals surface area contributed by atoms with Crippen molar-refractivity contribution in [3.8, 4) is 0 Å². The number of anilines is 1. The summed E-state index contributed by atoms with van der Waals surface area (Å²) in [5.74, 6) is -0.103. The number of aromatic nitrogens is 1. The van der Waals surface area contributed by atoms with Crippen LogP contribution in [0.2, 0.25) is 0 Å². The summed E-state index contributed by atoms with van der Waals surface area (Å²) < 4.78 is 38.7. The number of fused-ring (bicyclic) bond motifs is 1. The lowest BCUT2D eigenvalue weighted by Gasteiger charge is -2.07. The summed E-state index contributed by atoms with van der Waals surface area (Å²) in [5, 5.41) is 3.06. The fraction of sp³-hybridized carbons (Fsp3) is 0.222. The molecule has 1 amide bonds. The Morgan fingerprint density at radius 2 is 1.80 bits per heavy atom. The molecule has 0 saturated heterocycles. The summed E-state index contributed by atoms with van der Waals surface area (Å²) in [6.45, 7) is 4.19. The monoisotopic (exact) mass is 364 g/mol. The van der Waals surface area contributed by atoms with Gasteiger partial charge in [-0.1, -0.05) is 31.3 Å². The Morgan fingerprint density at radius 1 is 1.12 bits per heavy atom. The largest absolute Gasteiger partial charge is 0.416 e. The van der Waals surface area contributed by atoms with Crippen molar-refractivity contribution < 1.29 is 18.0 Å². The molecule has 0 aliphatic rings. The van der Waals surface area contributed by atoms with E-state index in [-0.39, 0.29) is 5.56 Å². The fourth-order valence-electron chi connectivity index (χ4n) is 2.33. The first kappa shape index (κ1) is 17.4. The molecule has 3 rings (SSSR count). The standard InChI is InChI=1S/C18H15F3N2OS/c1-10(2)12-5-8-14-15(9-12)25-17(22-14)23-16(24)11-3-6-13(7-4-11)18(19,20)21/h3-10H,1-2H3,(H,22,23,24). The molecule has 0 spiro atoms. The minimum Gasteiger partial charge on any atom is -0.298 e. The molecule has 7 heteroatoms. The van der Waals surface area contributed by atoms with Crippen LogP contribution < -0.4 is 5.32 Å². The topological polar surface area (TPSA) is 42.0 Å². The molecule has 0 aliphatic carbocycles. The lowest BCUT2D eigenvalue weighted by Crippen LogP contribution is -2.12. The van der Waals surface area contributed by atoms with Gasteiger partial charge in [0.1, 0.15) is 0 Å². The Kier molecular flexibility index (Phi) is 4.51. The van der Waals surface area contributed by atoms with Crippen LogP contribution in [-0.4, -0.2) is 10.9 Å². The van der Waals surface area contributed by atoms with Gasteiger partial charge >= 0.3 is 6.18 Å². The van der Waals surface area contributed by atoms with Gasteiger partial charge in [-0.2, -0.15) is 13.2 Å². The molecule has 0 saturated carbocycles. The molecule has 25 heavy (non-hydrogen) atoms. The molecule has 0 atom stereocenters. The minimum absolute atomic E-state index is 0.148. The van der Waals surface area contributed by atoms with E-state index in [9.17, 15) is 18.0 Å². The van der Waals surface area contributed by atoms with Crippen molar-refractivity contribution in [2.75, 3.05) is 5.32 Å². The molecule has 130 valence electrons. The number of alkyl halides is 3. The Morgan fingerprint density at radius 3 is 2.40 bits per heavy atom. The number of amides is 1. The highest BCUT2D eigenvalue weighted by Gasteiger charge is 2.30. The van der Waals surface area contributed by atoms with Gasteiger partial charge in [0.05, 0.1) is 15.8 Å². The van der Waals surface area contributed by atoms with Crippen LogP contribution in [0.5, 0.6) is 0 Å². The van der Waals surface area contributed by atoms with Crippen LogP contribution in [0.4, 0.5) is 18.3 Å². The molecule has 2 aromatic carbocycles. The highest BCUT2D eigenvalue weighted by molar-refractivity contribution is 7.22. The molecular formula is C18H15F3N2OS. The van der Waals surface area contributed by atoms with Gasteiger partial charge in [-0.3, -0.25) is 10.1 Å². The predicted molar refractivity (Wildman–Crippen MR) is 93.1 cm³/mol. The number of thiazole rings is 1. The summed E-state index contributed by atoms with van der Waals surface area (Å²) in [5.41, 5.74) is 1.31. The molecule has 0 fully saturated rings. The van der Waals surface area contributed by atoms with Crippen molar-refractivity contribution in [3.63, 3.8) is 0 Å². The van der Waals surface area contributed by atoms with Crippen LogP contribution in [0.25, 0.3) is 10.2 Å². The van der Waals surface area contributed by atoms with E-state index in [1.54, 1.807) is 0 Å². The van der Waals surface area contributed by atoms with Crippen molar-refractivity contribution in [2.24, 2.45) is 0 Å². The van der Waals surface area contributed by atoms with Crippen molar-refractivity contribution in [1.29, 1.82) is 0 Å². The van der Waals surface area contributed by atoms with Gasteiger partial charge in [-0.15, -0.1) is 0 Å². The van der Waals surface area contributed by atoms with Gasteiger partial charge < -0.3 is 0 Å². The summed E-state index contributed by atoms with van der Waals surface area (Å²) in [6, 6.07) is 10.0. The van der Waals surface area contributed by atoms with Crippen LogP contribution in [0, 0.1) is 0 Å². The normalized spacial score (nSPS) is 11.9. The number of hydrogen-bond donors (Lipinski definition) is 1. The van der Waals surface area contributed by atoms with E-state index in [2.05, 4.69) is 24.1 Å². The highest BCUT2D eigenvalue weighted by atomic mass is 32.1. The lowest BCUT2D eigenvalue weighted by molar-refractivity contribution is -0.137. The Hall–Kier alpha value is -2.41. The van der Waals surface area contributed by atoms with E-state index >= 15 is 0 Å². The maximum Gasteiger partial charge on any atom is 0.416 e. The van der Waals surface area contributed by atoms with Gasteiger partial charge in [0, 0.05) is 5.56 Å². The number of rotatable bonds is 3. The first-order valence-corrected chi connectivity index (χ1v) is 8.45. The molecule has 3 aromatic rings. The maximum atomic E-state index is 12.6. The number of carbonyl (C=O) groups excluding carboxylic acids is 1. The van der Waals surface area contributed by atoms with Crippen LogP contribution in [0.1, 0.15) is 41.3 Å². The minimum atomic E-state index is -4.42. The third-order valence-electron chi connectivity index (χ3n) is 3.77. The predicted octanol–water partition coefficient (Wildman–Crippen LogP) is 5.69. The third kappa shape index (κ3) is 3.82. The maximum absolute atomic E-state index is 12.6. The fourth-order valence-corrected chi connectivity index (χ4v) is 3.24. The van der Waals surface area contributed by atoms with E-state index in [1.807, 2.05) is 18.2 Å². The number of nitrogens with zero attached hydrogens (tertiary/aromatic N) is 1. The quantitative estimate of drug-likeness (QED) is 0.649. The average Bonchev–Trinajstić information content (AvgIpc) is 2.95. The number of carbonyl (C=O) groups is 1. The van der Waals surface area contributed by atoms with Gasteiger partial charge in [-0.25, -0.2) is 4.98 Å². The second-order valence-corrected chi connectivity index (χ2v) is 6.96. The highest BCUT2D eigenvalue weighted by Crippen LogP contribution is 2.30. The van der Waals surface area contributed by atoms with Crippen LogP contribution in [0.15, 0.2) is 42.5 Å². The van der Waals surface area contributed by atoms with Crippen molar-refractivity contribution >= 4 is 32.6 Å². The van der Waals surface area contributed by atoms with Crippen LogP contribution in [0.3, 0.4) is 0 Å². The Bertz CT molecular complexity index is 914. The number of halogens is 3. The molecule has 0 unspecified atom stereocenters. The SMILES string of the molecule is CC(C)c1ccc2nc(NC(=O)c3ccc(C(F)(F)F)cc3)sc2c1. The number of hydrogen-bond acceptors (Lipinski definition) is 3. The average molecular weight is 364 g/mol. The van der Waals surface area contributed by atoms with Gasteiger partial charge in [-0.05, 0) is 47.9 Å². The van der Waals surface area contributed by atoms with Gasteiger partial charge in [0.15, 0.2) is 5.13 Å². The van der Waals surface area contributed by atoms with Crippen molar-refractivity contribution in [2.45, 2.75) is 25.9 Å². The Labute approximate surface area is 146 Å². The zero-order valence-corrected chi connectivity index (χ0v) is 14.3. The molecule has 0 bridgehead atoms. The Balaban J connectivity index is 1.79. The zero-order valence-electron chi connectivity index (χ0n) is 13.5. The molecule has 0 aliphatic heterocycles. The first-order valence-electron chi connectivity index (χ1n) is 7.63. The van der Waals surface area contributed by atoms with E-state index in [4.69, 9.17) is 0 Å². The molecule has 0 radical (unpaired) electrons. The molecule has 3 nitrogen and oxygen atoms in total. The van der Waals surface area contributed by atoms with Crippen molar-refractivity contribution in [3.05, 3.63) is 59.2 Å². The lowest BCUT2D eigenvalue weighted by atomic mass is 10.0. The van der Waals surface area contributed by atoms with E-state index in [1.165, 1.54) is 16.9 Å². The molecule has 1 heterocycles. The van der Waals surface area contributed by atoms with Crippen LogP contribution >= 0.6 is 11.3 Å². The number of benzene rings is 2. The molecular weight excluding hydrogens is 349 g/mol.